The lowest BCUT2D eigenvalue weighted by Gasteiger charge is -2.18. The SMILES string of the molecule is Cc1sc2nc([C@H](C)OC(=O)C[C@H]3C(=O)C[C@@H](C)[C@H]3C[N+](=O)[O-])[nH]c(=O)c2c1C. The summed E-state index contributed by atoms with van der Waals surface area (Å²) in [5, 5.41) is 11.4. The average molecular weight is 421 g/mol. The molecule has 0 unspecified atom stereocenters. The van der Waals surface area contributed by atoms with E-state index in [-0.39, 0.29) is 42.5 Å². The summed E-state index contributed by atoms with van der Waals surface area (Å²) >= 11 is 1.40. The van der Waals surface area contributed by atoms with E-state index >= 15 is 0 Å². The first-order valence-corrected chi connectivity index (χ1v) is 10.2. The fourth-order valence-corrected chi connectivity index (χ4v) is 4.98. The standard InChI is InChI=1S/C19H23N3O6S/c1-8-5-14(23)12(13(8)7-22(26)27)6-15(24)28-10(3)17-20-18(25)16-9(2)11(4)29-19(16)21-17/h8,10,12-13H,5-7H2,1-4H3,(H,20,21,25)/t8-,10+,12-,13-/m1/s1. The summed E-state index contributed by atoms with van der Waals surface area (Å²) in [5.41, 5.74) is 0.584. The molecule has 1 saturated carbocycles. The van der Waals surface area contributed by atoms with Crippen molar-refractivity contribution in [2.45, 2.75) is 46.6 Å². The molecule has 29 heavy (non-hydrogen) atoms. The van der Waals surface area contributed by atoms with Gasteiger partial charge in [0.2, 0.25) is 6.54 Å². The fraction of sp³-hybridized carbons (Fsp3) is 0.579. The number of fused-ring (bicyclic) bond motifs is 1. The predicted octanol–water partition coefficient (Wildman–Crippen LogP) is 2.71. The monoisotopic (exact) mass is 421 g/mol. The van der Waals surface area contributed by atoms with Crippen LogP contribution in [0.15, 0.2) is 4.79 Å². The maximum Gasteiger partial charge on any atom is 0.307 e. The number of Topliss-reactive ketones (excluding diaryl/α,β-unsaturated/α-hetero) is 1. The van der Waals surface area contributed by atoms with Crippen LogP contribution in [0.5, 0.6) is 0 Å². The number of hydrogen-bond acceptors (Lipinski definition) is 8. The molecule has 0 spiro atoms. The van der Waals surface area contributed by atoms with Crippen LogP contribution in [0.2, 0.25) is 0 Å². The molecule has 0 aliphatic heterocycles. The molecule has 2 heterocycles. The van der Waals surface area contributed by atoms with Crippen LogP contribution >= 0.6 is 11.3 Å². The number of hydrogen-bond donors (Lipinski definition) is 1. The molecule has 1 fully saturated rings. The van der Waals surface area contributed by atoms with Crippen molar-refractivity contribution in [1.82, 2.24) is 9.97 Å². The molecule has 4 atom stereocenters. The minimum Gasteiger partial charge on any atom is -0.454 e. The van der Waals surface area contributed by atoms with Gasteiger partial charge in [-0.1, -0.05) is 6.92 Å². The van der Waals surface area contributed by atoms with Crippen LogP contribution < -0.4 is 5.56 Å². The number of esters is 1. The molecule has 1 N–H and O–H groups in total. The molecule has 1 aliphatic rings. The Kier molecular flexibility index (Phi) is 5.83. The highest BCUT2D eigenvalue weighted by atomic mass is 32.1. The van der Waals surface area contributed by atoms with Crippen LogP contribution in [-0.2, 0) is 14.3 Å². The average Bonchev–Trinajstić information content (AvgIpc) is 3.04. The fourth-order valence-electron chi connectivity index (χ4n) is 3.94. The van der Waals surface area contributed by atoms with Crippen LogP contribution in [0.1, 0.15) is 49.1 Å². The zero-order valence-electron chi connectivity index (χ0n) is 16.7. The van der Waals surface area contributed by atoms with E-state index in [1.807, 2.05) is 13.8 Å². The summed E-state index contributed by atoms with van der Waals surface area (Å²) in [4.78, 5) is 56.1. The van der Waals surface area contributed by atoms with E-state index in [9.17, 15) is 24.5 Å². The number of thiophene rings is 1. The van der Waals surface area contributed by atoms with Crippen molar-refractivity contribution in [2.75, 3.05) is 6.54 Å². The molecule has 1 aliphatic carbocycles. The number of aromatic amines is 1. The van der Waals surface area contributed by atoms with Crippen molar-refractivity contribution >= 4 is 33.3 Å². The van der Waals surface area contributed by atoms with Crippen LogP contribution in [0.25, 0.3) is 10.2 Å². The molecule has 0 radical (unpaired) electrons. The van der Waals surface area contributed by atoms with Crippen molar-refractivity contribution in [3.05, 3.63) is 36.7 Å². The van der Waals surface area contributed by atoms with Gasteiger partial charge in [0, 0.05) is 28.1 Å². The van der Waals surface area contributed by atoms with E-state index in [1.165, 1.54) is 11.3 Å². The molecular weight excluding hydrogens is 398 g/mol. The Morgan fingerprint density at radius 3 is 2.76 bits per heavy atom. The first-order chi connectivity index (χ1) is 13.6. The summed E-state index contributed by atoms with van der Waals surface area (Å²) in [6.45, 7) is 6.79. The number of aryl methyl sites for hydroxylation is 2. The van der Waals surface area contributed by atoms with Gasteiger partial charge in [-0.2, -0.15) is 0 Å². The van der Waals surface area contributed by atoms with Gasteiger partial charge in [-0.25, -0.2) is 4.98 Å². The summed E-state index contributed by atoms with van der Waals surface area (Å²) in [5.74, 6) is -1.90. The second-order valence-corrected chi connectivity index (χ2v) is 8.89. The van der Waals surface area contributed by atoms with Gasteiger partial charge in [0.15, 0.2) is 11.9 Å². The molecule has 0 saturated heterocycles. The van der Waals surface area contributed by atoms with Gasteiger partial charge >= 0.3 is 5.97 Å². The van der Waals surface area contributed by atoms with Crippen LogP contribution in [-0.4, -0.2) is 33.2 Å². The summed E-state index contributed by atoms with van der Waals surface area (Å²) in [7, 11) is 0. The Morgan fingerprint density at radius 2 is 2.10 bits per heavy atom. The van der Waals surface area contributed by atoms with E-state index in [1.54, 1.807) is 13.8 Å². The minimum atomic E-state index is -0.815. The summed E-state index contributed by atoms with van der Waals surface area (Å²) in [6.07, 6.45) is -0.796. The molecule has 2 aromatic rings. The van der Waals surface area contributed by atoms with Crippen molar-refractivity contribution < 1.29 is 19.2 Å². The van der Waals surface area contributed by atoms with Gasteiger partial charge in [-0.05, 0) is 32.3 Å². The molecule has 2 aromatic heterocycles. The van der Waals surface area contributed by atoms with Crippen molar-refractivity contribution in [2.24, 2.45) is 17.8 Å². The zero-order valence-corrected chi connectivity index (χ0v) is 17.5. The number of aromatic nitrogens is 2. The van der Waals surface area contributed by atoms with Crippen LogP contribution in [0, 0.1) is 41.7 Å². The number of nitrogens with one attached hydrogen (secondary N) is 1. The lowest BCUT2D eigenvalue weighted by molar-refractivity contribution is -0.490. The summed E-state index contributed by atoms with van der Waals surface area (Å²) in [6, 6.07) is 0. The Balaban J connectivity index is 1.73. The Hall–Kier alpha value is -2.62. The number of rotatable bonds is 6. The smallest absolute Gasteiger partial charge is 0.307 e. The molecular formula is C19H23N3O6S. The molecule has 0 aromatic carbocycles. The van der Waals surface area contributed by atoms with Gasteiger partial charge in [-0.15, -0.1) is 11.3 Å². The highest BCUT2D eigenvalue weighted by Crippen LogP contribution is 2.37. The molecule has 0 bridgehead atoms. The highest BCUT2D eigenvalue weighted by Gasteiger charge is 2.44. The Labute approximate surface area is 170 Å². The first-order valence-electron chi connectivity index (χ1n) is 9.42. The number of nitrogens with zero attached hydrogens (tertiary/aromatic N) is 2. The zero-order chi connectivity index (χ0) is 21.5. The third-order valence-electron chi connectivity index (χ3n) is 5.68. The second kappa shape index (κ2) is 8.02. The minimum absolute atomic E-state index is 0.145. The number of nitro groups is 1. The van der Waals surface area contributed by atoms with E-state index in [0.29, 0.717) is 10.2 Å². The number of carbonyl (C=O) groups is 2. The topological polar surface area (TPSA) is 132 Å². The molecule has 10 heteroatoms. The van der Waals surface area contributed by atoms with Gasteiger partial charge in [-0.3, -0.25) is 24.5 Å². The van der Waals surface area contributed by atoms with Gasteiger partial charge in [0.05, 0.1) is 11.8 Å². The highest BCUT2D eigenvalue weighted by molar-refractivity contribution is 7.18. The third kappa shape index (κ3) is 4.21. The van der Waals surface area contributed by atoms with E-state index in [0.717, 1.165) is 10.4 Å². The lowest BCUT2D eigenvalue weighted by atomic mass is 9.88. The third-order valence-corrected chi connectivity index (χ3v) is 6.78. The maximum absolute atomic E-state index is 12.4. The van der Waals surface area contributed by atoms with Crippen molar-refractivity contribution in [3.63, 3.8) is 0 Å². The molecule has 9 nitrogen and oxygen atoms in total. The van der Waals surface area contributed by atoms with Crippen molar-refractivity contribution in [3.8, 4) is 0 Å². The van der Waals surface area contributed by atoms with Crippen molar-refractivity contribution in [1.29, 1.82) is 0 Å². The number of carbonyl (C=O) groups excluding carboxylic acids is 2. The first kappa shape index (κ1) is 21.1. The predicted molar refractivity (Wildman–Crippen MR) is 106 cm³/mol. The molecule has 0 amide bonds. The normalized spacial score (nSPS) is 22.8. The molecule has 3 rings (SSSR count). The number of ketones is 1. The van der Waals surface area contributed by atoms with Crippen LogP contribution in [0.3, 0.4) is 0 Å². The van der Waals surface area contributed by atoms with Crippen LogP contribution in [0.4, 0.5) is 0 Å². The van der Waals surface area contributed by atoms with E-state index in [2.05, 4.69) is 9.97 Å². The van der Waals surface area contributed by atoms with E-state index in [4.69, 9.17) is 4.74 Å². The lowest BCUT2D eigenvalue weighted by Crippen LogP contribution is -2.28. The van der Waals surface area contributed by atoms with Gasteiger partial charge in [0.25, 0.3) is 5.56 Å². The maximum atomic E-state index is 12.4. The Morgan fingerprint density at radius 1 is 1.41 bits per heavy atom. The Bertz CT molecular complexity index is 1040. The second-order valence-electron chi connectivity index (χ2n) is 7.68. The number of ether oxygens (including phenoxy) is 1. The quantitative estimate of drug-likeness (QED) is 0.431. The van der Waals surface area contributed by atoms with Gasteiger partial charge in [0.1, 0.15) is 10.6 Å². The number of H-pyrrole nitrogens is 1. The molecule has 156 valence electrons. The summed E-state index contributed by atoms with van der Waals surface area (Å²) < 4.78 is 5.39. The van der Waals surface area contributed by atoms with Gasteiger partial charge < -0.3 is 9.72 Å². The largest absolute Gasteiger partial charge is 0.454 e. The van der Waals surface area contributed by atoms with E-state index < -0.39 is 28.8 Å².